The zero-order valence-corrected chi connectivity index (χ0v) is 17.4. The minimum Gasteiger partial charge on any atom is -0.378 e. The number of rotatable bonds is 7. The normalized spacial score (nSPS) is 17.8. The maximum Gasteiger partial charge on any atom is 0.167 e. The number of aryl methyl sites for hydroxylation is 2. The molecule has 30 heavy (non-hydrogen) atoms. The first-order valence-corrected chi connectivity index (χ1v) is 11.1. The molecule has 2 aromatic rings. The fraction of sp³-hybridized carbons (Fsp3) is 0.520. The van der Waals surface area contributed by atoms with E-state index in [4.69, 9.17) is 4.74 Å². The third-order valence-electron chi connectivity index (χ3n) is 6.37. The van der Waals surface area contributed by atoms with Crippen LogP contribution < -0.4 is 0 Å². The van der Waals surface area contributed by atoms with Gasteiger partial charge in [-0.1, -0.05) is 31.9 Å². The molecule has 1 saturated heterocycles. The third-order valence-corrected chi connectivity index (χ3v) is 6.37. The molecule has 0 N–H and O–H groups in total. The van der Waals surface area contributed by atoms with Crippen molar-refractivity contribution in [1.82, 2.24) is 0 Å². The summed E-state index contributed by atoms with van der Waals surface area (Å²) >= 11 is 0. The lowest BCUT2D eigenvalue weighted by atomic mass is 9.96. The molecule has 2 aromatic carbocycles. The smallest absolute Gasteiger partial charge is 0.167 e. The van der Waals surface area contributed by atoms with E-state index < -0.39 is 23.3 Å². The fourth-order valence-corrected chi connectivity index (χ4v) is 4.86. The monoisotopic (exact) mass is 420 g/mol. The van der Waals surface area contributed by atoms with Gasteiger partial charge in [0.05, 0.1) is 6.10 Å². The van der Waals surface area contributed by atoms with Crippen LogP contribution in [0.3, 0.4) is 0 Å². The molecule has 1 fully saturated rings. The number of benzene rings is 2. The van der Waals surface area contributed by atoms with E-state index in [1.165, 1.54) is 6.42 Å². The van der Waals surface area contributed by atoms with E-state index in [2.05, 4.69) is 0 Å². The standard InChI is InChI=1S/C25H28F4O/c1-2-7-15-12-17-14-18-13-16(8-3-4-9-19-10-5-6-11-30-19)23(27)25(29)21(18)20(17)24(28)22(15)26/h12-13,19H,2-11,14H2,1H3. The van der Waals surface area contributed by atoms with Crippen LogP contribution in [0.15, 0.2) is 12.1 Å². The molecule has 1 unspecified atom stereocenters. The van der Waals surface area contributed by atoms with Gasteiger partial charge in [0.15, 0.2) is 23.3 Å². The van der Waals surface area contributed by atoms with Crippen molar-refractivity contribution in [2.45, 2.75) is 77.2 Å². The average Bonchev–Trinajstić information content (AvgIpc) is 3.12. The summed E-state index contributed by atoms with van der Waals surface area (Å²) in [5, 5.41) is 0. The number of hydrogen-bond donors (Lipinski definition) is 0. The van der Waals surface area contributed by atoms with Crippen molar-refractivity contribution in [2.24, 2.45) is 0 Å². The number of hydrogen-bond acceptors (Lipinski definition) is 1. The molecule has 0 spiro atoms. The van der Waals surface area contributed by atoms with Gasteiger partial charge >= 0.3 is 0 Å². The van der Waals surface area contributed by atoms with Gasteiger partial charge in [-0.2, -0.15) is 0 Å². The molecule has 162 valence electrons. The largest absolute Gasteiger partial charge is 0.378 e. The maximum atomic E-state index is 14.9. The van der Waals surface area contributed by atoms with Crippen LogP contribution >= 0.6 is 0 Å². The van der Waals surface area contributed by atoms with Crippen molar-refractivity contribution in [3.8, 4) is 11.1 Å². The lowest BCUT2D eigenvalue weighted by molar-refractivity contribution is 0.00987. The van der Waals surface area contributed by atoms with Gasteiger partial charge in [0, 0.05) is 17.7 Å². The molecule has 1 aliphatic heterocycles. The van der Waals surface area contributed by atoms with E-state index >= 15 is 0 Å². The van der Waals surface area contributed by atoms with Crippen molar-refractivity contribution in [3.05, 3.63) is 57.7 Å². The minimum absolute atomic E-state index is 0.110. The Morgan fingerprint density at radius 3 is 2.03 bits per heavy atom. The molecule has 0 radical (unpaired) electrons. The Hall–Kier alpha value is -1.88. The molecule has 0 amide bonds. The fourth-order valence-electron chi connectivity index (χ4n) is 4.86. The van der Waals surface area contributed by atoms with Crippen LogP contribution in [0.4, 0.5) is 17.6 Å². The van der Waals surface area contributed by atoms with Crippen molar-refractivity contribution in [3.63, 3.8) is 0 Å². The molecule has 1 nitrogen and oxygen atoms in total. The first-order chi connectivity index (χ1) is 14.5. The van der Waals surface area contributed by atoms with Gasteiger partial charge < -0.3 is 4.74 Å². The SMILES string of the molecule is CCCc1cc2c(c(F)c1F)-c1c(cc(CCCCC3CCCCO3)c(F)c1F)C2. The van der Waals surface area contributed by atoms with E-state index in [1.54, 1.807) is 12.1 Å². The van der Waals surface area contributed by atoms with Crippen LogP contribution in [0.5, 0.6) is 0 Å². The predicted molar refractivity (Wildman–Crippen MR) is 110 cm³/mol. The van der Waals surface area contributed by atoms with E-state index in [9.17, 15) is 17.6 Å². The topological polar surface area (TPSA) is 9.23 Å². The highest BCUT2D eigenvalue weighted by atomic mass is 19.2. The average molecular weight is 420 g/mol. The van der Waals surface area contributed by atoms with Crippen LogP contribution in [0, 0.1) is 23.3 Å². The molecular weight excluding hydrogens is 392 g/mol. The minimum atomic E-state index is -1.06. The Morgan fingerprint density at radius 1 is 0.833 bits per heavy atom. The summed E-state index contributed by atoms with van der Waals surface area (Å²) in [6.45, 7) is 2.70. The van der Waals surface area contributed by atoms with Crippen LogP contribution in [0.1, 0.15) is 74.1 Å². The van der Waals surface area contributed by atoms with Crippen LogP contribution in [-0.2, 0) is 24.0 Å². The second-order valence-corrected chi connectivity index (χ2v) is 8.56. The predicted octanol–water partition coefficient (Wildman–Crippen LogP) is 7.05. The van der Waals surface area contributed by atoms with Crippen LogP contribution in [-0.4, -0.2) is 12.7 Å². The lowest BCUT2D eigenvalue weighted by Gasteiger charge is -2.22. The Labute approximate surface area is 175 Å². The number of halogens is 4. The highest BCUT2D eigenvalue weighted by molar-refractivity contribution is 5.79. The van der Waals surface area contributed by atoms with E-state index in [0.717, 1.165) is 38.7 Å². The molecule has 5 heteroatoms. The van der Waals surface area contributed by atoms with E-state index in [1.807, 2.05) is 6.92 Å². The van der Waals surface area contributed by atoms with Crippen molar-refractivity contribution >= 4 is 0 Å². The molecule has 1 atom stereocenters. The summed E-state index contributed by atoms with van der Waals surface area (Å²) in [4.78, 5) is 0. The Bertz CT molecular complexity index is 932. The van der Waals surface area contributed by atoms with Crippen LogP contribution in [0.2, 0.25) is 0 Å². The van der Waals surface area contributed by atoms with Gasteiger partial charge in [0.2, 0.25) is 0 Å². The quantitative estimate of drug-likeness (QED) is 0.294. The van der Waals surface area contributed by atoms with Crippen molar-refractivity contribution < 1.29 is 22.3 Å². The van der Waals surface area contributed by atoms with Gasteiger partial charge in [-0.15, -0.1) is 0 Å². The first kappa shape index (κ1) is 21.4. The van der Waals surface area contributed by atoms with Crippen molar-refractivity contribution in [1.29, 1.82) is 0 Å². The summed E-state index contributed by atoms with van der Waals surface area (Å²) in [5.41, 5.74) is 1.48. The van der Waals surface area contributed by atoms with E-state index in [-0.39, 0.29) is 17.2 Å². The summed E-state index contributed by atoms with van der Waals surface area (Å²) in [6, 6.07) is 3.25. The number of fused-ring (bicyclic) bond motifs is 3. The number of ether oxygens (including phenoxy) is 1. The van der Waals surface area contributed by atoms with Gasteiger partial charge in [-0.3, -0.25) is 0 Å². The highest BCUT2D eigenvalue weighted by Gasteiger charge is 2.31. The van der Waals surface area contributed by atoms with Crippen LogP contribution in [0.25, 0.3) is 11.1 Å². The maximum absolute atomic E-state index is 14.9. The molecule has 4 rings (SSSR count). The summed E-state index contributed by atoms with van der Waals surface area (Å²) in [7, 11) is 0. The zero-order chi connectivity index (χ0) is 21.3. The van der Waals surface area contributed by atoms with Gasteiger partial charge in [-0.25, -0.2) is 17.6 Å². The highest BCUT2D eigenvalue weighted by Crippen LogP contribution is 2.43. The lowest BCUT2D eigenvalue weighted by Crippen LogP contribution is -2.18. The van der Waals surface area contributed by atoms with Crippen molar-refractivity contribution in [2.75, 3.05) is 6.61 Å². The first-order valence-electron chi connectivity index (χ1n) is 11.1. The molecule has 1 heterocycles. The third kappa shape index (κ3) is 4.01. The van der Waals surface area contributed by atoms with Gasteiger partial charge in [0.1, 0.15) is 0 Å². The molecular formula is C25H28F4O. The second kappa shape index (κ2) is 9.09. The molecule has 1 aliphatic carbocycles. The summed E-state index contributed by atoms with van der Waals surface area (Å²) < 4.78 is 64.5. The molecule has 0 aromatic heterocycles. The Morgan fingerprint density at radius 2 is 1.47 bits per heavy atom. The summed E-state index contributed by atoms with van der Waals surface area (Å²) in [6.07, 6.45) is 8.05. The molecule has 2 aliphatic rings. The molecule has 0 bridgehead atoms. The van der Waals surface area contributed by atoms with Gasteiger partial charge in [0.25, 0.3) is 0 Å². The molecule has 0 saturated carbocycles. The summed E-state index contributed by atoms with van der Waals surface area (Å²) in [5.74, 6) is -4.00. The Balaban J connectivity index is 1.52. The van der Waals surface area contributed by atoms with E-state index in [0.29, 0.717) is 47.9 Å². The second-order valence-electron chi connectivity index (χ2n) is 8.56. The number of unbranched alkanes of at least 4 members (excludes halogenated alkanes) is 1. The Kier molecular flexibility index (Phi) is 6.47. The zero-order valence-electron chi connectivity index (χ0n) is 17.4. The van der Waals surface area contributed by atoms with Gasteiger partial charge in [-0.05, 0) is 73.6 Å².